The average molecular weight is 384 g/mol. The van der Waals surface area contributed by atoms with Crippen molar-refractivity contribution in [3.8, 4) is 0 Å². The van der Waals surface area contributed by atoms with Crippen LogP contribution in [-0.2, 0) is 16.1 Å². The molecule has 0 bridgehead atoms. The van der Waals surface area contributed by atoms with Gasteiger partial charge in [-0.05, 0) is 18.1 Å². The van der Waals surface area contributed by atoms with Crippen LogP contribution in [-0.4, -0.2) is 63.8 Å². The van der Waals surface area contributed by atoms with Crippen molar-refractivity contribution in [2.45, 2.75) is 33.4 Å². The number of carbonyl (C=O) groups is 2. The van der Waals surface area contributed by atoms with Gasteiger partial charge in [-0.1, -0.05) is 26.0 Å². The van der Waals surface area contributed by atoms with Crippen molar-refractivity contribution in [3.05, 3.63) is 30.1 Å². The summed E-state index contributed by atoms with van der Waals surface area (Å²) in [5, 5.41) is 4.08. The molecule has 0 aliphatic carbocycles. The van der Waals surface area contributed by atoms with E-state index in [0.29, 0.717) is 31.3 Å². The molecule has 2 heterocycles. The molecule has 2 amide bonds. The van der Waals surface area contributed by atoms with E-state index >= 15 is 0 Å². The molecule has 150 valence electrons. The Balaban J connectivity index is 1.84. The SMILES string of the molecule is CC(=O)N1CCN(Cc2nc(N[C@H](C(N)=O)C(C)C)c3ccccc3n2)CC1. The van der Waals surface area contributed by atoms with Crippen molar-refractivity contribution in [1.82, 2.24) is 19.8 Å². The summed E-state index contributed by atoms with van der Waals surface area (Å²) in [5.41, 5.74) is 6.39. The number of nitrogens with one attached hydrogen (secondary N) is 1. The van der Waals surface area contributed by atoms with Crippen LogP contribution in [0.4, 0.5) is 5.82 Å². The molecule has 0 saturated carbocycles. The van der Waals surface area contributed by atoms with Gasteiger partial charge in [-0.3, -0.25) is 14.5 Å². The van der Waals surface area contributed by atoms with Gasteiger partial charge < -0.3 is 16.0 Å². The molecule has 3 rings (SSSR count). The minimum atomic E-state index is -0.509. The number of carbonyl (C=O) groups excluding carboxylic acids is 2. The Morgan fingerprint density at radius 3 is 2.43 bits per heavy atom. The molecule has 1 fully saturated rings. The number of aromatic nitrogens is 2. The fourth-order valence-corrected chi connectivity index (χ4v) is 3.44. The average Bonchev–Trinajstić information content (AvgIpc) is 2.65. The third-order valence-corrected chi connectivity index (χ3v) is 5.10. The second-order valence-corrected chi connectivity index (χ2v) is 7.56. The van der Waals surface area contributed by atoms with Gasteiger partial charge in [-0.2, -0.15) is 0 Å². The number of nitrogens with zero attached hydrogens (tertiary/aromatic N) is 4. The Labute approximate surface area is 165 Å². The summed E-state index contributed by atoms with van der Waals surface area (Å²) >= 11 is 0. The molecule has 0 spiro atoms. The number of piperazine rings is 1. The van der Waals surface area contributed by atoms with Gasteiger partial charge >= 0.3 is 0 Å². The largest absolute Gasteiger partial charge is 0.368 e. The fraction of sp³-hybridized carbons (Fsp3) is 0.500. The second kappa shape index (κ2) is 8.52. The predicted molar refractivity (Wildman–Crippen MR) is 109 cm³/mol. The van der Waals surface area contributed by atoms with E-state index in [2.05, 4.69) is 10.2 Å². The summed E-state index contributed by atoms with van der Waals surface area (Å²) in [6.45, 7) is 9.08. The Hall–Kier alpha value is -2.74. The van der Waals surface area contributed by atoms with Crippen molar-refractivity contribution in [1.29, 1.82) is 0 Å². The summed E-state index contributed by atoms with van der Waals surface area (Å²) in [5.74, 6) is 1.05. The third-order valence-electron chi connectivity index (χ3n) is 5.10. The van der Waals surface area contributed by atoms with E-state index in [-0.39, 0.29) is 11.8 Å². The van der Waals surface area contributed by atoms with E-state index in [1.54, 1.807) is 6.92 Å². The molecular formula is C20H28N6O2. The minimum absolute atomic E-state index is 0.0364. The fourth-order valence-electron chi connectivity index (χ4n) is 3.44. The van der Waals surface area contributed by atoms with Gasteiger partial charge in [0, 0.05) is 38.5 Å². The van der Waals surface area contributed by atoms with Crippen LogP contribution in [0.5, 0.6) is 0 Å². The summed E-state index contributed by atoms with van der Waals surface area (Å²) in [7, 11) is 0. The van der Waals surface area contributed by atoms with Crippen molar-refractivity contribution in [2.75, 3.05) is 31.5 Å². The monoisotopic (exact) mass is 384 g/mol. The number of hydrogen-bond acceptors (Lipinski definition) is 6. The first-order valence-electron chi connectivity index (χ1n) is 9.64. The number of rotatable bonds is 6. The zero-order valence-electron chi connectivity index (χ0n) is 16.7. The Morgan fingerprint density at radius 1 is 1.14 bits per heavy atom. The van der Waals surface area contributed by atoms with Crippen LogP contribution < -0.4 is 11.1 Å². The Kier molecular flexibility index (Phi) is 6.08. The molecular weight excluding hydrogens is 356 g/mol. The first-order chi connectivity index (χ1) is 13.3. The number of nitrogens with two attached hydrogens (primary N) is 1. The van der Waals surface area contributed by atoms with Crippen LogP contribution in [0, 0.1) is 5.92 Å². The highest BCUT2D eigenvalue weighted by atomic mass is 16.2. The van der Waals surface area contributed by atoms with Crippen LogP contribution in [0.2, 0.25) is 0 Å². The van der Waals surface area contributed by atoms with Gasteiger partial charge in [-0.25, -0.2) is 9.97 Å². The van der Waals surface area contributed by atoms with E-state index in [9.17, 15) is 9.59 Å². The zero-order chi connectivity index (χ0) is 20.3. The second-order valence-electron chi connectivity index (χ2n) is 7.56. The van der Waals surface area contributed by atoms with Crippen LogP contribution in [0.25, 0.3) is 10.9 Å². The molecule has 1 aliphatic heterocycles. The van der Waals surface area contributed by atoms with Crippen molar-refractivity contribution < 1.29 is 9.59 Å². The molecule has 2 aromatic rings. The molecule has 3 N–H and O–H groups in total. The van der Waals surface area contributed by atoms with Crippen molar-refractivity contribution >= 4 is 28.5 Å². The quantitative estimate of drug-likeness (QED) is 0.776. The highest BCUT2D eigenvalue weighted by molar-refractivity contribution is 5.91. The normalized spacial score (nSPS) is 16.4. The van der Waals surface area contributed by atoms with E-state index < -0.39 is 11.9 Å². The Morgan fingerprint density at radius 2 is 1.82 bits per heavy atom. The lowest BCUT2D eigenvalue weighted by Crippen LogP contribution is -2.47. The van der Waals surface area contributed by atoms with E-state index in [0.717, 1.165) is 24.0 Å². The standard InChI is InChI=1S/C20H28N6O2/c1-13(2)18(19(21)28)24-20-15-6-4-5-7-16(15)22-17(23-20)12-25-8-10-26(11-9-25)14(3)27/h4-7,13,18H,8-12H2,1-3H3,(H2,21,28)(H,22,23,24)/t18-/m0/s1. The van der Waals surface area contributed by atoms with Crippen LogP contribution in [0.3, 0.4) is 0 Å². The molecule has 0 radical (unpaired) electrons. The van der Waals surface area contributed by atoms with Gasteiger partial charge in [0.1, 0.15) is 17.7 Å². The van der Waals surface area contributed by atoms with E-state index in [1.807, 2.05) is 43.0 Å². The molecule has 1 atom stereocenters. The highest BCUT2D eigenvalue weighted by Gasteiger charge is 2.23. The lowest BCUT2D eigenvalue weighted by atomic mass is 10.0. The number of hydrogen-bond donors (Lipinski definition) is 2. The zero-order valence-corrected chi connectivity index (χ0v) is 16.7. The molecule has 1 saturated heterocycles. The molecule has 28 heavy (non-hydrogen) atoms. The summed E-state index contributed by atoms with van der Waals surface area (Å²) in [4.78, 5) is 36.8. The van der Waals surface area contributed by atoms with Gasteiger partial charge in [0.25, 0.3) is 0 Å². The number of para-hydroxylation sites is 1. The Bertz CT molecular complexity index is 861. The summed E-state index contributed by atoms with van der Waals surface area (Å²) in [6, 6.07) is 7.22. The topological polar surface area (TPSA) is 104 Å². The van der Waals surface area contributed by atoms with Crippen molar-refractivity contribution in [3.63, 3.8) is 0 Å². The predicted octanol–water partition coefficient (Wildman–Crippen LogP) is 1.22. The molecule has 1 aliphatic rings. The van der Waals surface area contributed by atoms with Gasteiger partial charge in [0.05, 0.1) is 12.1 Å². The molecule has 1 aromatic carbocycles. The van der Waals surface area contributed by atoms with Gasteiger partial charge in [0.2, 0.25) is 11.8 Å². The lowest BCUT2D eigenvalue weighted by Gasteiger charge is -2.33. The number of primary amides is 1. The van der Waals surface area contributed by atoms with Crippen LogP contribution in [0.15, 0.2) is 24.3 Å². The summed E-state index contributed by atoms with van der Waals surface area (Å²) < 4.78 is 0. The summed E-state index contributed by atoms with van der Waals surface area (Å²) in [6.07, 6.45) is 0. The third kappa shape index (κ3) is 4.56. The maximum atomic E-state index is 11.8. The first kappa shape index (κ1) is 20.0. The number of benzene rings is 1. The molecule has 1 aromatic heterocycles. The lowest BCUT2D eigenvalue weighted by molar-refractivity contribution is -0.130. The minimum Gasteiger partial charge on any atom is -0.368 e. The van der Waals surface area contributed by atoms with E-state index in [4.69, 9.17) is 15.7 Å². The number of anilines is 1. The number of amides is 2. The molecule has 0 unspecified atom stereocenters. The maximum absolute atomic E-state index is 11.8. The highest BCUT2D eigenvalue weighted by Crippen LogP contribution is 2.23. The van der Waals surface area contributed by atoms with E-state index in [1.165, 1.54) is 0 Å². The van der Waals surface area contributed by atoms with Crippen molar-refractivity contribution in [2.24, 2.45) is 11.7 Å². The van der Waals surface area contributed by atoms with Gasteiger partial charge in [0.15, 0.2) is 0 Å². The maximum Gasteiger partial charge on any atom is 0.240 e. The van der Waals surface area contributed by atoms with Crippen LogP contribution in [0.1, 0.15) is 26.6 Å². The van der Waals surface area contributed by atoms with Crippen LogP contribution >= 0.6 is 0 Å². The smallest absolute Gasteiger partial charge is 0.240 e. The van der Waals surface area contributed by atoms with Gasteiger partial charge in [-0.15, -0.1) is 0 Å². The molecule has 8 nitrogen and oxygen atoms in total. The first-order valence-corrected chi connectivity index (χ1v) is 9.64. The number of fused-ring (bicyclic) bond motifs is 1. The molecule has 8 heteroatoms.